The summed E-state index contributed by atoms with van der Waals surface area (Å²) in [5.41, 5.74) is 0.926. The van der Waals surface area contributed by atoms with Crippen molar-refractivity contribution in [1.29, 1.82) is 0 Å². The smallest absolute Gasteiger partial charge is 0.227 e. The van der Waals surface area contributed by atoms with Crippen LogP contribution in [0.1, 0.15) is 12.8 Å². The molecule has 4 nitrogen and oxygen atoms in total. The fourth-order valence-corrected chi connectivity index (χ4v) is 2.70. The first-order valence-electron chi connectivity index (χ1n) is 7.64. The summed E-state index contributed by atoms with van der Waals surface area (Å²) in [6.45, 7) is 1.67. The van der Waals surface area contributed by atoms with Crippen LogP contribution in [0.3, 0.4) is 0 Å². The Morgan fingerprint density at radius 2 is 1.74 bits per heavy atom. The Hall–Kier alpha value is -2.20. The van der Waals surface area contributed by atoms with Gasteiger partial charge in [0.05, 0.1) is 0 Å². The van der Waals surface area contributed by atoms with Gasteiger partial charge in [0, 0.05) is 23.7 Å². The summed E-state index contributed by atoms with van der Waals surface area (Å²) in [5.74, 6) is 1.67. The minimum atomic E-state index is 0.189. The molecule has 0 atom stereocenters. The summed E-state index contributed by atoms with van der Waals surface area (Å²) in [6.07, 6.45) is 1.57. The summed E-state index contributed by atoms with van der Waals surface area (Å²) in [4.78, 5) is 13.5. The molecule has 1 aliphatic rings. The van der Waals surface area contributed by atoms with Crippen LogP contribution in [-0.4, -0.2) is 25.7 Å². The Bertz CT molecular complexity index is 672. The van der Waals surface area contributed by atoms with Gasteiger partial charge in [0.2, 0.25) is 5.91 Å². The van der Waals surface area contributed by atoms with Crippen LogP contribution >= 0.6 is 11.6 Å². The molecule has 3 rings (SSSR count). The van der Waals surface area contributed by atoms with Crippen molar-refractivity contribution in [2.24, 2.45) is 0 Å². The number of carbonyl (C=O) groups excluding carboxylic acids is 1. The number of hydrogen-bond acceptors (Lipinski definition) is 3. The van der Waals surface area contributed by atoms with Gasteiger partial charge in [0.25, 0.3) is 0 Å². The zero-order valence-corrected chi connectivity index (χ0v) is 13.5. The lowest BCUT2D eigenvalue weighted by Gasteiger charge is -2.16. The van der Waals surface area contributed by atoms with Gasteiger partial charge in [-0.25, -0.2) is 0 Å². The van der Waals surface area contributed by atoms with Crippen LogP contribution in [0.4, 0.5) is 5.69 Å². The molecule has 0 radical (unpaired) electrons. The molecule has 0 unspecified atom stereocenters. The van der Waals surface area contributed by atoms with E-state index in [1.165, 1.54) is 0 Å². The third-order valence-corrected chi connectivity index (χ3v) is 3.87. The summed E-state index contributed by atoms with van der Waals surface area (Å²) >= 11 is 5.89. The van der Waals surface area contributed by atoms with Crippen LogP contribution in [0.5, 0.6) is 11.5 Å². The number of amides is 1. The highest BCUT2D eigenvalue weighted by atomic mass is 35.5. The monoisotopic (exact) mass is 331 g/mol. The number of nitrogens with zero attached hydrogens (tertiary/aromatic N) is 1. The lowest BCUT2D eigenvalue weighted by atomic mass is 10.3. The minimum absolute atomic E-state index is 0.189. The van der Waals surface area contributed by atoms with Gasteiger partial charge in [-0.05, 0) is 48.9 Å². The highest BCUT2D eigenvalue weighted by molar-refractivity contribution is 6.30. The molecule has 23 heavy (non-hydrogen) atoms. The molecule has 2 aromatic rings. The maximum Gasteiger partial charge on any atom is 0.227 e. The second kappa shape index (κ2) is 7.38. The van der Waals surface area contributed by atoms with E-state index in [4.69, 9.17) is 21.1 Å². The molecule has 0 saturated carbocycles. The number of benzene rings is 2. The molecule has 1 amide bonds. The van der Waals surface area contributed by atoms with E-state index >= 15 is 0 Å². The molecular weight excluding hydrogens is 314 g/mol. The van der Waals surface area contributed by atoms with Gasteiger partial charge in [-0.1, -0.05) is 17.7 Å². The molecule has 0 aromatic heterocycles. The quantitative estimate of drug-likeness (QED) is 0.753. The first kappa shape index (κ1) is 15.7. The summed E-state index contributed by atoms with van der Waals surface area (Å²) in [7, 11) is 0. The van der Waals surface area contributed by atoms with Crippen LogP contribution in [-0.2, 0) is 4.79 Å². The second-order valence-electron chi connectivity index (χ2n) is 5.30. The molecule has 1 saturated heterocycles. The number of halogens is 1. The lowest BCUT2D eigenvalue weighted by Crippen LogP contribution is -2.23. The second-order valence-corrected chi connectivity index (χ2v) is 5.73. The SMILES string of the molecule is O=C1CCCN1c1ccc(OCCOc2cccc(Cl)c2)cc1. The van der Waals surface area contributed by atoms with Crippen molar-refractivity contribution in [2.45, 2.75) is 12.8 Å². The highest BCUT2D eigenvalue weighted by Crippen LogP contribution is 2.24. The lowest BCUT2D eigenvalue weighted by molar-refractivity contribution is -0.117. The normalized spacial score (nSPS) is 14.1. The molecule has 1 fully saturated rings. The van der Waals surface area contributed by atoms with Crippen LogP contribution in [0.2, 0.25) is 5.02 Å². The van der Waals surface area contributed by atoms with Crippen molar-refractivity contribution in [2.75, 3.05) is 24.7 Å². The van der Waals surface area contributed by atoms with E-state index in [0.29, 0.717) is 24.7 Å². The van der Waals surface area contributed by atoms with E-state index < -0.39 is 0 Å². The van der Waals surface area contributed by atoms with Crippen molar-refractivity contribution in [3.8, 4) is 11.5 Å². The van der Waals surface area contributed by atoms with Crippen LogP contribution < -0.4 is 14.4 Å². The van der Waals surface area contributed by atoms with E-state index in [1.54, 1.807) is 12.1 Å². The van der Waals surface area contributed by atoms with Gasteiger partial charge in [0.1, 0.15) is 24.7 Å². The third kappa shape index (κ3) is 4.17. The molecule has 1 aliphatic heterocycles. The van der Waals surface area contributed by atoms with Crippen LogP contribution in [0, 0.1) is 0 Å². The van der Waals surface area contributed by atoms with E-state index in [1.807, 2.05) is 41.3 Å². The number of anilines is 1. The van der Waals surface area contributed by atoms with Gasteiger partial charge in [-0.15, -0.1) is 0 Å². The number of ether oxygens (including phenoxy) is 2. The summed E-state index contributed by atoms with van der Waals surface area (Å²) in [6, 6.07) is 14.8. The number of carbonyl (C=O) groups is 1. The topological polar surface area (TPSA) is 38.8 Å². The zero-order valence-electron chi connectivity index (χ0n) is 12.7. The Morgan fingerprint density at radius 1 is 1.00 bits per heavy atom. The van der Waals surface area contributed by atoms with Crippen molar-refractivity contribution >= 4 is 23.2 Å². The van der Waals surface area contributed by atoms with Gasteiger partial charge >= 0.3 is 0 Å². The number of hydrogen-bond donors (Lipinski definition) is 0. The zero-order chi connectivity index (χ0) is 16.1. The van der Waals surface area contributed by atoms with Gasteiger partial charge in [0.15, 0.2) is 0 Å². The minimum Gasteiger partial charge on any atom is -0.490 e. The van der Waals surface area contributed by atoms with Crippen molar-refractivity contribution < 1.29 is 14.3 Å². The molecular formula is C18H18ClNO3. The predicted molar refractivity (Wildman–Crippen MR) is 90.5 cm³/mol. The molecule has 2 aromatic carbocycles. The molecule has 0 bridgehead atoms. The van der Waals surface area contributed by atoms with E-state index in [0.717, 1.165) is 30.2 Å². The molecule has 5 heteroatoms. The van der Waals surface area contributed by atoms with E-state index in [9.17, 15) is 4.79 Å². The first-order valence-corrected chi connectivity index (χ1v) is 8.02. The molecule has 1 heterocycles. The standard InChI is InChI=1S/C18H18ClNO3/c19-14-3-1-4-17(13-14)23-12-11-22-16-8-6-15(7-9-16)20-10-2-5-18(20)21/h1,3-4,6-9,13H,2,5,10-12H2. The maximum atomic E-state index is 11.7. The van der Waals surface area contributed by atoms with Crippen molar-refractivity contribution in [1.82, 2.24) is 0 Å². The maximum absolute atomic E-state index is 11.7. The Balaban J connectivity index is 1.46. The average Bonchev–Trinajstić information content (AvgIpc) is 2.98. The van der Waals surface area contributed by atoms with Gasteiger partial charge < -0.3 is 14.4 Å². The highest BCUT2D eigenvalue weighted by Gasteiger charge is 2.21. The molecule has 0 spiro atoms. The third-order valence-electron chi connectivity index (χ3n) is 3.64. The van der Waals surface area contributed by atoms with Gasteiger partial charge in [-0.3, -0.25) is 4.79 Å². The largest absolute Gasteiger partial charge is 0.490 e. The van der Waals surface area contributed by atoms with E-state index in [-0.39, 0.29) is 5.91 Å². The molecule has 120 valence electrons. The fraction of sp³-hybridized carbons (Fsp3) is 0.278. The Labute approximate surface area is 140 Å². The van der Waals surface area contributed by atoms with E-state index in [2.05, 4.69) is 0 Å². The van der Waals surface area contributed by atoms with Crippen molar-refractivity contribution in [3.63, 3.8) is 0 Å². The summed E-state index contributed by atoms with van der Waals surface area (Å²) < 4.78 is 11.2. The number of rotatable bonds is 6. The first-order chi connectivity index (χ1) is 11.2. The predicted octanol–water partition coefficient (Wildman–Crippen LogP) is 3.92. The van der Waals surface area contributed by atoms with Gasteiger partial charge in [-0.2, -0.15) is 0 Å². The Kier molecular flexibility index (Phi) is 5.03. The summed E-state index contributed by atoms with van der Waals surface area (Å²) in [5, 5.41) is 0.649. The molecule has 0 aliphatic carbocycles. The Morgan fingerprint density at radius 3 is 2.39 bits per heavy atom. The van der Waals surface area contributed by atoms with Crippen LogP contribution in [0.15, 0.2) is 48.5 Å². The fourth-order valence-electron chi connectivity index (χ4n) is 2.52. The van der Waals surface area contributed by atoms with Crippen LogP contribution in [0.25, 0.3) is 0 Å². The van der Waals surface area contributed by atoms with Crippen molar-refractivity contribution in [3.05, 3.63) is 53.6 Å². The average molecular weight is 332 g/mol. The molecule has 0 N–H and O–H groups in total.